The van der Waals surface area contributed by atoms with E-state index in [0.29, 0.717) is 24.3 Å². The Kier molecular flexibility index (Phi) is 17.4. The number of hydrogen-bond donors (Lipinski definition) is 1. The van der Waals surface area contributed by atoms with Crippen LogP contribution in [0.25, 0.3) is 0 Å². The van der Waals surface area contributed by atoms with Crippen molar-refractivity contribution in [3.8, 4) is 0 Å². The van der Waals surface area contributed by atoms with E-state index >= 15 is 0 Å². The highest BCUT2D eigenvalue weighted by molar-refractivity contribution is 7.09. The number of aromatic nitrogens is 1. The van der Waals surface area contributed by atoms with Gasteiger partial charge in [0.2, 0.25) is 11.8 Å². The summed E-state index contributed by atoms with van der Waals surface area (Å²) < 4.78 is 17.3. The normalized spacial score (nSPS) is 18.1. The van der Waals surface area contributed by atoms with Gasteiger partial charge in [0.25, 0.3) is 0 Å². The molecule has 2 amide bonds. The fourth-order valence-electron chi connectivity index (χ4n) is 5.80. The molecule has 0 bridgehead atoms. The number of carbonyl (C=O) groups is 4. The van der Waals surface area contributed by atoms with Crippen LogP contribution >= 0.6 is 11.3 Å². The Balaban J connectivity index is 2.53. The lowest BCUT2D eigenvalue weighted by Gasteiger charge is -2.40. The van der Waals surface area contributed by atoms with Crippen LogP contribution in [-0.4, -0.2) is 93.1 Å². The van der Waals surface area contributed by atoms with Crippen molar-refractivity contribution in [2.75, 3.05) is 27.4 Å². The number of thiazole rings is 1. The zero-order valence-electron chi connectivity index (χ0n) is 29.5. The van der Waals surface area contributed by atoms with Crippen molar-refractivity contribution in [3.05, 3.63) is 16.1 Å². The third kappa shape index (κ3) is 11.4. The molecule has 1 aliphatic heterocycles. The number of amides is 2. The SMILES string of the molecule is CCCC(=O)OCN(C(=O)[C@@H](NC(=O)[C@H]1CCCCN1C)C(C)CC)[C@H](C[C@@H](O[SiH](CC)CC)c1nc(C(=O)OC)cs1)C(C)C. The maximum absolute atomic E-state index is 14.6. The second-order valence-electron chi connectivity index (χ2n) is 12.7. The third-order valence-electron chi connectivity index (χ3n) is 9.04. The highest BCUT2D eigenvalue weighted by Gasteiger charge is 2.39. The predicted molar refractivity (Wildman–Crippen MR) is 183 cm³/mol. The van der Waals surface area contributed by atoms with Crippen LogP contribution in [0.3, 0.4) is 0 Å². The molecule has 13 heteroatoms. The summed E-state index contributed by atoms with van der Waals surface area (Å²) in [7, 11) is 1.66. The van der Waals surface area contributed by atoms with Gasteiger partial charge in [0.05, 0.1) is 19.3 Å². The van der Waals surface area contributed by atoms with E-state index in [-0.39, 0.29) is 54.5 Å². The molecular formula is C33H58N4O7SSi. The van der Waals surface area contributed by atoms with Crippen LogP contribution in [-0.2, 0) is 28.3 Å². The number of hydrogen-bond acceptors (Lipinski definition) is 10. The Labute approximate surface area is 281 Å². The van der Waals surface area contributed by atoms with Crippen LogP contribution in [0.15, 0.2) is 5.38 Å². The molecule has 0 saturated carbocycles. The van der Waals surface area contributed by atoms with Crippen LogP contribution in [0.2, 0.25) is 12.1 Å². The van der Waals surface area contributed by atoms with Gasteiger partial charge in [-0.15, -0.1) is 11.3 Å². The Morgan fingerprint density at radius 2 is 1.83 bits per heavy atom. The first-order chi connectivity index (χ1) is 21.9. The van der Waals surface area contributed by atoms with Gasteiger partial charge in [0.15, 0.2) is 21.5 Å². The lowest BCUT2D eigenvalue weighted by atomic mass is 9.92. The molecule has 1 aromatic rings. The van der Waals surface area contributed by atoms with Gasteiger partial charge in [-0.05, 0) is 63.2 Å². The van der Waals surface area contributed by atoms with Gasteiger partial charge in [0.1, 0.15) is 11.0 Å². The molecule has 2 heterocycles. The zero-order chi connectivity index (χ0) is 34.4. The minimum atomic E-state index is -1.61. The lowest BCUT2D eigenvalue weighted by molar-refractivity contribution is -0.159. The molecule has 1 aromatic heterocycles. The fourth-order valence-corrected chi connectivity index (χ4v) is 8.40. The second kappa shape index (κ2) is 20.1. The van der Waals surface area contributed by atoms with E-state index in [9.17, 15) is 19.2 Å². The number of likely N-dealkylation sites (tertiary alicyclic amines) is 1. The molecule has 1 unspecified atom stereocenters. The monoisotopic (exact) mass is 682 g/mol. The summed E-state index contributed by atoms with van der Waals surface area (Å²) in [6, 6.07) is 0.341. The van der Waals surface area contributed by atoms with Gasteiger partial charge in [-0.3, -0.25) is 19.3 Å². The van der Waals surface area contributed by atoms with Crippen LogP contribution in [0.4, 0.5) is 0 Å². The van der Waals surface area contributed by atoms with Gasteiger partial charge < -0.3 is 24.1 Å². The summed E-state index contributed by atoms with van der Waals surface area (Å²) in [5.41, 5.74) is 0.220. The van der Waals surface area contributed by atoms with E-state index in [1.807, 2.05) is 41.7 Å². The molecule has 0 radical (unpaired) electrons. The van der Waals surface area contributed by atoms with Crippen LogP contribution < -0.4 is 5.32 Å². The van der Waals surface area contributed by atoms with Crippen molar-refractivity contribution in [2.24, 2.45) is 11.8 Å². The summed E-state index contributed by atoms with van der Waals surface area (Å²) in [5.74, 6) is -1.54. The molecule has 1 saturated heterocycles. The first-order valence-corrected chi connectivity index (χ1v) is 20.1. The number of nitrogens with zero attached hydrogens (tertiary/aromatic N) is 3. The van der Waals surface area contributed by atoms with Crippen LogP contribution in [0.1, 0.15) is 115 Å². The summed E-state index contributed by atoms with van der Waals surface area (Å²) in [5, 5.41) is 5.43. The summed E-state index contributed by atoms with van der Waals surface area (Å²) >= 11 is 1.34. The van der Waals surface area contributed by atoms with Gasteiger partial charge in [0, 0.05) is 17.8 Å². The largest absolute Gasteiger partial charge is 0.464 e. The third-order valence-corrected chi connectivity index (χ3v) is 12.5. The average Bonchev–Trinajstić information content (AvgIpc) is 3.54. The molecular weight excluding hydrogens is 625 g/mol. The minimum absolute atomic E-state index is 0.0545. The van der Waals surface area contributed by atoms with Crippen LogP contribution in [0, 0.1) is 11.8 Å². The molecule has 5 atom stereocenters. The second-order valence-corrected chi connectivity index (χ2v) is 16.8. The van der Waals surface area contributed by atoms with Crippen molar-refractivity contribution in [1.82, 2.24) is 20.1 Å². The fraction of sp³-hybridized carbons (Fsp3) is 0.788. The smallest absolute Gasteiger partial charge is 0.357 e. The molecule has 262 valence electrons. The van der Waals surface area contributed by atoms with Crippen molar-refractivity contribution < 1.29 is 33.1 Å². The molecule has 1 aliphatic rings. The molecule has 11 nitrogen and oxygen atoms in total. The number of nitrogens with one attached hydrogen (secondary N) is 1. The first-order valence-electron chi connectivity index (χ1n) is 17.1. The van der Waals surface area contributed by atoms with E-state index in [2.05, 4.69) is 29.0 Å². The van der Waals surface area contributed by atoms with E-state index in [1.54, 1.807) is 10.3 Å². The maximum atomic E-state index is 14.6. The quantitative estimate of drug-likeness (QED) is 0.117. The summed E-state index contributed by atoms with van der Waals surface area (Å²) in [6.07, 6.45) is 4.23. The average molecular weight is 683 g/mol. The molecule has 2 rings (SSSR count). The van der Waals surface area contributed by atoms with E-state index in [1.165, 1.54) is 18.4 Å². The van der Waals surface area contributed by atoms with Crippen molar-refractivity contribution >= 4 is 44.1 Å². The number of methoxy groups -OCH3 is 1. The highest BCUT2D eigenvalue weighted by atomic mass is 32.1. The number of rotatable bonds is 19. The highest BCUT2D eigenvalue weighted by Crippen LogP contribution is 2.33. The first kappa shape index (κ1) is 39.8. The van der Waals surface area contributed by atoms with E-state index in [0.717, 1.165) is 37.9 Å². The summed E-state index contributed by atoms with van der Waals surface area (Å²) in [6.45, 7) is 14.8. The lowest BCUT2D eigenvalue weighted by Crippen LogP contribution is -2.59. The number of ether oxygens (including phenoxy) is 2. The topological polar surface area (TPSA) is 127 Å². The predicted octanol–water partition coefficient (Wildman–Crippen LogP) is 5.31. The van der Waals surface area contributed by atoms with Gasteiger partial charge >= 0.3 is 11.9 Å². The summed E-state index contributed by atoms with van der Waals surface area (Å²) in [4.78, 5) is 61.3. The molecule has 46 heavy (non-hydrogen) atoms. The molecule has 0 aromatic carbocycles. The van der Waals surface area contributed by atoms with Crippen molar-refractivity contribution in [1.29, 1.82) is 0 Å². The van der Waals surface area contributed by atoms with Crippen LogP contribution in [0.5, 0.6) is 0 Å². The Morgan fingerprint density at radius 1 is 1.13 bits per heavy atom. The van der Waals surface area contributed by atoms with Crippen molar-refractivity contribution in [2.45, 2.75) is 130 Å². The maximum Gasteiger partial charge on any atom is 0.357 e. The number of likely N-dealkylation sites (N-methyl/N-ethyl adjacent to an activating group) is 1. The molecule has 0 aliphatic carbocycles. The number of carbonyl (C=O) groups excluding carboxylic acids is 4. The minimum Gasteiger partial charge on any atom is -0.464 e. The van der Waals surface area contributed by atoms with Gasteiger partial charge in [-0.2, -0.15) is 0 Å². The van der Waals surface area contributed by atoms with E-state index < -0.39 is 33.2 Å². The van der Waals surface area contributed by atoms with Crippen molar-refractivity contribution in [3.63, 3.8) is 0 Å². The van der Waals surface area contributed by atoms with E-state index in [4.69, 9.17) is 13.9 Å². The molecule has 1 fully saturated rings. The molecule has 1 N–H and O–H groups in total. The Morgan fingerprint density at radius 3 is 2.39 bits per heavy atom. The standard InChI is InChI=1S/C33H58N4O7SSi/c1-10-16-28(38)43-21-37(32(40)29(23(7)11-2)35-30(39)25-17-14-15-18-36(25)8)26(22(5)6)19-27(44-46(12-3)13-4)31-34-24(20-45-31)33(41)42-9/h20,22-23,25-27,29,46H,10-19,21H2,1-9H3,(H,35,39)/t23?,25-,26-,27-,29+/m1/s1. The Bertz CT molecular complexity index is 1120. The van der Waals surface area contributed by atoms with Gasteiger partial charge in [-0.25, -0.2) is 9.78 Å². The zero-order valence-corrected chi connectivity index (χ0v) is 31.5. The van der Waals surface area contributed by atoms with Gasteiger partial charge in [-0.1, -0.05) is 61.3 Å². The molecule has 0 spiro atoms. The number of piperidine rings is 1. The Hall–Kier alpha value is -2.35. The number of esters is 2.